The molecule has 21 heavy (non-hydrogen) atoms. The number of morpholine rings is 1. The molecule has 3 rings (SSSR count). The Bertz CT molecular complexity index is 593. The summed E-state index contributed by atoms with van der Waals surface area (Å²) in [6, 6.07) is 8.48. The Morgan fingerprint density at radius 3 is 3.05 bits per heavy atom. The number of rotatable bonds is 5. The molecular formula is C17H24N2O2. The van der Waals surface area contributed by atoms with Crippen molar-refractivity contribution in [3.8, 4) is 5.75 Å². The highest BCUT2D eigenvalue weighted by atomic mass is 16.5. The van der Waals surface area contributed by atoms with E-state index in [-0.39, 0.29) is 6.10 Å². The van der Waals surface area contributed by atoms with Crippen LogP contribution in [0.15, 0.2) is 30.5 Å². The monoisotopic (exact) mass is 288 g/mol. The molecule has 4 heteroatoms. The molecule has 0 saturated carbocycles. The van der Waals surface area contributed by atoms with Crippen LogP contribution in [0.25, 0.3) is 10.9 Å². The molecule has 4 nitrogen and oxygen atoms in total. The molecule has 1 aliphatic heterocycles. The van der Waals surface area contributed by atoms with Gasteiger partial charge in [-0.25, -0.2) is 0 Å². The smallest absolute Gasteiger partial charge is 0.120 e. The quantitative estimate of drug-likeness (QED) is 0.846. The molecule has 114 valence electrons. The van der Waals surface area contributed by atoms with Crippen molar-refractivity contribution < 1.29 is 9.47 Å². The van der Waals surface area contributed by atoms with Gasteiger partial charge in [-0.1, -0.05) is 6.92 Å². The molecule has 2 aromatic rings. The van der Waals surface area contributed by atoms with Gasteiger partial charge in [0.2, 0.25) is 0 Å². The first-order valence-electron chi connectivity index (χ1n) is 7.78. The zero-order valence-electron chi connectivity index (χ0n) is 12.9. The van der Waals surface area contributed by atoms with Gasteiger partial charge < -0.3 is 18.9 Å². The van der Waals surface area contributed by atoms with Crippen molar-refractivity contribution in [1.82, 2.24) is 9.47 Å². The lowest BCUT2D eigenvalue weighted by Crippen LogP contribution is -2.41. The first-order chi connectivity index (χ1) is 10.3. The number of aromatic nitrogens is 1. The zero-order chi connectivity index (χ0) is 14.7. The van der Waals surface area contributed by atoms with E-state index < -0.39 is 0 Å². The van der Waals surface area contributed by atoms with Crippen molar-refractivity contribution in [2.75, 3.05) is 33.4 Å². The minimum atomic E-state index is 0.273. The van der Waals surface area contributed by atoms with Gasteiger partial charge in [0.1, 0.15) is 5.75 Å². The summed E-state index contributed by atoms with van der Waals surface area (Å²) in [6.07, 6.45) is 3.45. The number of ether oxygens (including phenoxy) is 2. The van der Waals surface area contributed by atoms with Gasteiger partial charge in [-0.15, -0.1) is 0 Å². The van der Waals surface area contributed by atoms with Crippen LogP contribution >= 0.6 is 0 Å². The molecule has 0 aliphatic carbocycles. The summed E-state index contributed by atoms with van der Waals surface area (Å²) >= 11 is 0. The summed E-state index contributed by atoms with van der Waals surface area (Å²) in [5.41, 5.74) is 1.25. The Hall–Kier alpha value is -1.52. The topological polar surface area (TPSA) is 26.6 Å². The standard InChI is InChI=1S/C17H24N2O2/c1-3-9-20-15-4-5-17-14(11-15)6-7-19(17)13-16-12-18(2)8-10-21-16/h4-7,11,16H,3,8-10,12-13H2,1-2H3. The second kappa shape index (κ2) is 6.50. The van der Waals surface area contributed by atoms with Crippen molar-refractivity contribution in [1.29, 1.82) is 0 Å². The summed E-state index contributed by atoms with van der Waals surface area (Å²) in [7, 11) is 2.15. The Morgan fingerprint density at radius 2 is 2.24 bits per heavy atom. The molecular weight excluding hydrogens is 264 g/mol. The van der Waals surface area contributed by atoms with Crippen molar-refractivity contribution in [3.63, 3.8) is 0 Å². The number of likely N-dealkylation sites (N-methyl/N-ethyl adjacent to an activating group) is 1. The molecule has 1 unspecified atom stereocenters. The van der Waals surface area contributed by atoms with Crippen LogP contribution in [0.2, 0.25) is 0 Å². The van der Waals surface area contributed by atoms with Crippen LogP contribution in [-0.2, 0) is 11.3 Å². The molecule has 1 saturated heterocycles. The van der Waals surface area contributed by atoms with E-state index in [1.165, 1.54) is 10.9 Å². The third-order valence-corrected chi connectivity index (χ3v) is 3.96. The third-order valence-electron chi connectivity index (χ3n) is 3.96. The SMILES string of the molecule is CCCOc1ccc2c(ccn2CC2CN(C)CCO2)c1. The first kappa shape index (κ1) is 14.4. The van der Waals surface area contributed by atoms with Gasteiger partial charge in [0, 0.05) is 30.2 Å². The van der Waals surface area contributed by atoms with Crippen LogP contribution in [0.1, 0.15) is 13.3 Å². The highest BCUT2D eigenvalue weighted by molar-refractivity contribution is 5.81. The fraction of sp³-hybridized carbons (Fsp3) is 0.529. The van der Waals surface area contributed by atoms with E-state index in [4.69, 9.17) is 9.47 Å². The average molecular weight is 288 g/mol. The zero-order valence-corrected chi connectivity index (χ0v) is 12.9. The number of benzene rings is 1. The van der Waals surface area contributed by atoms with Gasteiger partial charge in [-0.3, -0.25) is 0 Å². The molecule has 0 N–H and O–H groups in total. The van der Waals surface area contributed by atoms with Gasteiger partial charge in [0.25, 0.3) is 0 Å². The Labute approximate surface area is 126 Å². The van der Waals surface area contributed by atoms with E-state index in [2.05, 4.69) is 53.9 Å². The summed E-state index contributed by atoms with van der Waals surface area (Å²) in [4.78, 5) is 2.33. The van der Waals surface area contributed by atoms with Gasteiger partial charge in [-0.2, -0.15) is 0 Å². The predicted molar refractivity (Wildman–Crippen MR) is 85.0 cm³/mol. The molecule has 1 atom stereocenters. The molecule has 1 aromatic carbocycles. The number of nitrogens with zero attached hydrogens (tertiary/aromatic N) is 2. The van der Waals surface area contributed by atoms with E-state index in [1.54, 1.807) is 0 Å². The van der Waals surface area contributed by atoms with Crippen molar-refractivity contribution in [3.05, 3.63) is 30.5 Å². The molecule has 1 aliphatic rings. The molecule has 0 spiro atoms. The third kappa shape index (κ3) is 3.39. The van der Waals surface area contributed by atoms with E-state index in [0.29, 0.717) is 0 Å². The first-order valence-corrected chi connectivity index (χ1v) is 7.78. The predicted octanol–water partition coefficient (Wildman–Crippen LogP) is 2.76. The highest BCUT2D eigenvalue weighted by Crippen LogP contribution is 2.23. The molecule has 1 aromatic heterocycles. The number of hydrogen-bond acceptors (Lipinski definition) is 3. The summed E-state index contributed by atoms with van der Waals surface area (Å²) in [5, 5.41) is 1.23. The van der Waals surface area contributed by atoms with Gasteiger partial charge in [0.15, 0.2) is 0 Å². The highest BCUT2D eigenvalue weighted by Gasteiger charge is 2.18. The second-order valence-electron chi connectivity index (χ2n) is 5.79. The molecule has 0 radical (unpaired) electrons. The number of fused-ring (bicyclic) bond motifs is 1. The summed E-state index contributed by atoms with van der Waals surface area (Å²) in [5.74, 6) is 0.954. The lowest BCUT2D eigenvalue weighted by atomic mass is 10.2. The largest absolute Gasteiger partial charge is 0.494 e. The van der Waals surface area contributed by atoms with Crippen molar-refractivity contribution in [2.24, 2.45) is 0 Å². The second-order valence-corrected chi connectivity index (χ2v) is 5.79. The molecule has 0 bridgehead atoms. The maximum atomic E-state index is 5.86. The summed E-state index contributed by atoms with van der Waals surface area (Å²) in [6.45, 7) is 6.65. The minimum Gasteiger partial charge on any atom is -0.494 e. The van der Waals surface area contributed by atoms with Crippen LogP contribution in [0.5, 0.6) is 5.75 Å². The summed E-state index contributed by atoms with van der Waals surface area (Å²) < 4.78 is 13.8. The molecule has 2 heterocycles. The van der Waals surface area contributed by atoms with Gasteiger partial charge >= 0.3 is 0 Å². The van der Waals surface area contributed by atoms with Crippen LogP contribution in [-0.4, -0.2) is 48.9 Å². The Kier molecular flexibility index (Phi) is 4.46. The molecule has 0 amide bonds. The Balaban J connectivity index is 1.74. The van der Waals surface area contributed by atoms with E-state index in [9.17, 15) is 0 Å². The van der Waals surface area contributed by atoms with Crippen LogP contribution < -0.4 is 4.74 Å². The van der Waals surface area contributed by atoms with Crippen LogP contribution in [0.4, 0.5) is 0 Å². The van der Waals surface area contributed by atoms with E-state index >= 15 is 0 Å². The van der Waals surface area contributed by atoms with E-state index in [0.717, 1.165) is 45.0 Å². The maximum absolute atomic E-state index is 5.86. The van der Waals surface area contributed by atoms with Crippen molar-refractivity contribution in [2.45, 2.75) is 26.0 Å². The van der Waals surface area contributed by atoms with Crippen LogP contribution in [0.3, 0.4) is 0 Å². The lowest BCUT2D eigenvalue weighted by Gasteiger charge is -2.30. The van der Waals surface area contributed by atoms with Crippen LogP contribution in [0, 0.1) is 0 Å². The molecule has 1 fully saturated rings. The Morgan fingerprint density at radius 1 is 1.33 bits per heavy atom. The average Bonchev–Trinajstić information content (AvgIpc) is 2.87. The maximum Gasteiger partial charge on any atom is 0.120 e. The van der Waals surface area contributed by atoms with Gasteiger partial charge in [-0.05, 0) is 37.7 Å². The van der Waals surface area contributed by atoms with E-state index in [1.807, 2.05) is 0 Å². The number of hydrogen-bond donors (Lipinski definition) is 0. The van der Waals surface area contributed by atoms with Gasteiger partial charge in [0.05, 0.1) is 25.9 Å². The fourth-order valence-corrected chi connectivity index (χ4v) is 2.84. The lowest BCUT2D eigenvalue weighted by molar-refractivity contribution is -0.0269. The fourth-order valence-electron chi connectivity index (χ4n) is 2.84. The van der Waals surface area contributed by atoms with Crippen molar-refractivity contribution >= 4 is 10.9 Å². The minimum absolute atomic E-state index is 0.273. The normalized spacial score (nSPS) is 20.0.